The highest BCUT2D eigenvalue weighted by Crippen LogP contribution is 2.26. The van der Waals surface area contributed by atoms with Gasteiger partial charge in [-0.25, -0.2) is 9.18 Å². The fraction of sp³-hybridized carbons (Fsp3) is 0.318. The van der Waals surface area contributed by atoms with Crippen LogP contribution in [0.1, 0.15) is 46.1 Å². The number of benzene rings is 1. The Morgan fingerprint density at radius 1 is 1.23 bits per heavy atom. The number of methoxy groups -OCH3 is 1. The lowest BCUT2D eigenvalue weighted by molar-refractivity contribution is -0.129. The Morgan fingerprint density at radius 3 is 2.60 bits per heavy atom. The number of furan rings is 1. The second-order valence-electron chi connectivity index (χ2n) is 7.24. The van der Waals surface area contributed by atoms with Gasteiger partial charge in [0.15, 0.2) is 11.5 Å². The number of aryl methyl sites for hydroxylation is 2. The van der Waals surface area contributed by atoms with Crippen LogP contribution in [0.5, 0.6) is 0 Å². The summed E-state index contributed by atoms with van der Waals surface area (Å²) in [6.07, 6.45) is 0.626. The molecule has 1 aromatic carbocycles. The van der Waals surface area contributed by atoms with E-state index < -0.39 is 17.6 Å². The van der Waals surface area contributed by atoms with Crippen molar-refractivity contribution in [3.8, 4) is 0 Å². The quantitative estimate of drug-likeness (QED) is 0.665. The maximum absolute atomic E-state index is 13.3. The molecule has 0 unspecified atom stereocenters. The molecule has 2 heterocycles. The fourth-order valence-corrected chi connectivity index (χ4v) is 3.38. The first-order valence-electron chi connectivity index (χ1n) is 9.46. The van der Waals surface area contributed by atoms with Crippen LogP contribution in [-0.4, -0.2) is 47.4 Å². The summed E-state index contributed by atoms with van der Waals surface area (Å²) in [4.78, 5) is 38.1. The molecule has 158 valence electrons. The van der Waals surface area contributed by atoms with Crippen molar-refractivity contribution in [1.29, 1.82) is 0 Å². The van der Waals surface area contributed by atoms with Crippen LogP contribution in [0.3, 0.4) is 0 Å². The standard InChI is InChI=1S/C22H22FNO6/c1-12(2)24-11-17(20(29-3)21(24)26)19(25)18-9-8-15(30-18)7-5-13-4-6-14(23)10-16(13)22(27)28/h4,6,8-10,12H,5,7,11H2,1-3H3,(H,27,28). The summed E-state index contributed by atoms with van der Waals surface area (Å²) >= 11 is 0. The van der Waals surface area contributed by atoms with Crippen LogP contribution in [-0.2, 0) is 22.4 Å². The number of carbonyl (C=O) groups excluding carboxylic acids is 2. The van der Waals surface area contributed by atoms with E-state index in [9.17, 15) is 23.9 Å². The highest BCUT2D eigenvalue weighted by Gasteiger charge is 2.37. The third-order valence-electron chi connectivity index (χ3n) is 4.99. The molecule has 1 N–H and O–H groups in total. The molecule has 0 fully saturated rings. The average molecular weight is 415 g/mol. The zero-order valence-corrected chi connectivity index (χ0v) is 16.9. The van der Waals surface area contributed by atoms with Crippen molar-refractivity contribution in [2.75, 3.05) is 13.7 Å². The number of ketones is 1. The molecule has 30 heavy (non-hydrogen) atoms. The SMILES string of the molecule is COC1=C(C(=O)c2ccc(CCc3ccc(F)cc3C(=O)O)o2)CN(C(C)C)C1=O. The number of hydrogen-bond acceptors (Lipinski definition) is 5. The molecular weight excluding hydrogens is 393 g/mol. The molecule has 0 atom stereocenters. The van der Waals surface area contributed by atoms with Crippen molar-refractivity contribution in [2.45, 2.75) is 32.7 Å². The lowest BCUT2D eigenvalue weighted by atomic mass is 10.0. The Bertz CT molecular complexity index is 1040. The van der Waals surface area contributed by atoms with Gasteiger partial charge in [0.05, 0.1) is 24.8 Å². The van der Waals surface area contributed by atoms with Gasteiger partial charge in [0.25, 0.3) is 5.91 Å². The van der Waals surface area contributed by atoms with E-state index in [0.717, 1.165) is 6.07 Å². The van der Waals surface area contributed by atoms with Gasteiger partial charge >= 0.3 is 5.97 Å². The van der Waals surface area contributed by atoms with Crippen molar-refractivity contribution in [3.63, 3.8) is 0 Å². The van der Waals surface area contributed by atoms with Crippen molar-refractivity contribution in [1.82, 2.24) is 4.90 Å². The lowest BCUT2D eigenvalue weighted by Crippen LogP contribution is -2.34. The van der Waals surface area contributed by atoms with Gasteiger partial charge in [0.1, 0.15) is 11.6 Å². The minimum Gasteiger partial charge on any atom is -0.491 e. The maximum atomic E-state index is 13.3. The Morgan fingerprint density at radius 2 is 1.97 bits per heavy atom. The summed E-state index contributed by atoms with van der Waals surface area (Å²) in [7, 11) is 1.35. The van der Waals surface area contributed by atoms with Crippen LogP contribution in [0, 0.1) is 5.82 Å². The van der Waals surface area contributed by atoms with Crippen LogP contribution < -0.4 is 0 Å². The van der Waals surface area contributed by atoms with E-state index in [4.69, 9.17) is 9.15 Å². The van der Waals surface area contributed by atoms with E-state index >= 15 is 0 Å². The topological polar surface area (TPSA) is 97.1 Å². The number of amides is 1. The number of carboxylic acids is 1. The molecule has 0 bridgehead atoms. The molecule has 0 saturated heterocycles. The van der Waals surface area contributed by atoms with Gasteiger partial charge in [0.2, 0.25) is 5.78 Å². The summed E-state index contributed by atoms with van der Waals surface area (Å²) in [6.45, 7) is 3.85. The van der Waals surface area contributed by atoms with Crippen LogP contribution in [0.25, 0.3) is 0 Å². The van der Waals surface area contributed by atoms with Crippen molar-refractivity contribution < 1.29 is 33.0 Å². The molecule has 1 amide bonds. The zero-order chi connectivity index (χ0) is 22.0. The molecule has 1 aromatic heterocycles. The summed E-state index contributed by atoms with van der Waals surface area (Å²) in [5, 5.41) is 9.23. The first-order chi connectivity index (χ1) is 14.2. The smallest absolute Gasteiger partial charge is 0.336 e. The Hall–Kier alpha value is -3.42. The molecule has 3 rings (SSSR count). The van der Waals surface area contributed by atoms with E-state index in [2.05, 4.69) is 0 Å². The first kappa shape index (κ1) is 21.3. The normalized spacial score (nSPS) is 14.0. The summed E-state index contributed by atoms with van der Waals surface area (Å²) < 4.78 is 24.1. The Balaban J connectivity index is 1.76. The van der Waals surface area contributed by atoms with Gasteiger partial charge in [-0.2, -0.15) is 0 Å². The second kappa shape index (κ2) is 8.52. The van der Waals surface area contributed by atoms with Crippen molar-refractivity contribution in [3.05, 3.63) is 70.1 Å². The number of hydrogen-bond donors (Lipinski definition) is 1. The molecule has 0 aliphatic carbocycles. The Labute approximate surface area is 172 Å². The van der Waals surface area contributed by atoms with Gasteiger partial charge in [-0.15, -0.1) is 0 Å². The van der Waals surface area contributed by atoms with Crippen molar-refractivity contribution in [2.24, 2.45) is 0 Å². The molecule has 2 aromatic rings. The van der Waals surface area contributed by atoms with Gasteiger partial charge < -0.3 is 19.2 Å². The molecule has 0 saturated carbocycles. The molecule has 0 spiro atoms. The fourth-order valence-electron chi connectivity index (χ4n) is 3.38. The van der Waals surface area contributed by atoms with Crippen molar-refractivity contribution >= 4 is 17.7 Å². The number of ether oxygens (including phenoxy) is 1. The minimum atomic E-state index is -1.21. The molecule has 8 heteroatoms. The third kappa shape index (κ3) is 4.12. The summed E-state index contributed by atoms with van der Waals surface area (Å²) in [5.41, 5.74) is 0.598. The van der Waals surface area contributed by atoms with Gasteiger partial charge in [0, 0.05) is 12.5 Å². The first-order valence-corrected chi connectivity index (χ1v) is 9.46. The number of halogens is 1. The molecule has 0 radical (unpaired) electrons. The molecule has 7 nitrogen and oxygen atoms in total. The molecule has 1 aliphatic heterocycles. The van der Waals surface area contributed by atoms with Crippen LogP contribution >= 0.6 is 0 Å². The van der Waals surface area contributed by atoms with Crippen LogP contribution in [0.2, 0.25) is 0 Å². The Kier molecular flexibility index (Phi) is 6.05. The molecular formula is C22H22FNO6. The van der Waals surface area contributed by atoms with Gasteiger partial charge in [-0.05, 0) is 50.1 Å². The van der Waals surface area contributed by atoms with Gasteiger partial charge in [-0.3, -0.25) is 9.59 Å². The summed E-state index contributed by atoms with van der Waals surface area (Å²) in [5.74, 6) is -2.02. The number of aromatic carboxylic acids is 1. The number of carbonyl (C=O) groups is 3. The predicted octanol–water partition coefficient (Wildman–Crippen LogP) is 3.24. The summed E-state index contributed by atoms with van der Waals surface area (Å²) in [6, 6.07) is 6.66. The largest absolute Gasteiger partial charge is 0.491 e. The van der Waals surface area contributed by atoms with E-state index in [1.165, 1.54) is 30.2 Å². The van der Waals surface area contributed by atoms with E-state index in [-0.39, 0.29) is 41.1 Å². The number of carboxylic acid groups (broad SMARTS) is 1. The number of Topliss-reactive ketones (excluding diaryl/α,β-unsaturated/α-hetero) is 1. The zero-order valence-electron chi connectivity index (χ0n) is 16.9. The predicted molar refractivity (Wildman–Crippen MR) is 105 cm³/mol. The number of rotatable bonds is 8. The maximum Gasteiger partial charge on any atom is 0.336 e. The average Bonchev–Trinajstić information content (AvgIpc) is 3.30. The highest BCUT2D eigenvalue weighted by molar-refractivity contribution is 6.14. The monoisotopic (exact) mass is 415 g/mol. The number of nitrogens with zero attached hydrogens (tertiary/aromatic N) is 1. The van der Waals surface area contributed by atoms with Crippen LogP contribution in [0.4, 0.5) is 4.39 Å². The lowest BCUT2D eigenvalue weighted by Gasteiger charge is -2.20. The second-order valence-corrected chi connectivity index (χ2v) is 7.24. The van der Waals surface area contributed by atoms with E-state index in [0.29, 0.717) is 24.2 Å². The van der Waals surface area contributed by atoms with Gasteiger partial charge in [-0.1, -0.05) is 6.07 Å². The van der Waals surface area contributed by atoms with E-state index in [1.54, 1.807) is 6.07 Å². The minimum absolute atomic E-state index is 0.0177. The molecule has 1 aliphatic rings. The van der Waals surface area contributed by atoms with Crippen LogP contribution in [0.15, 0.2) is 46.1 Å². The van der Waals surface area contributed by atoms with E-state index in [1.807, 2.05) is 13.8 Å². The highest BCUT2D eigenvalue weighted by atomic mass is 19.1. The third-order valence-corrected chi connectivity index (χ3v) is 4.99.